The van der Waals surface area contributed by atoms with Gasteiger partial charge in [-0.05, 0) is 48.0 Å². The first-order valence-electron chi connectivity index (χ1n) is 7.93. The highest BCUT2D eigenvalue weighted by Crippen LogP contribution is 2.30. The van der Waals surface area contributed by atoms with E-state index < -0.39 is 11.7 Å². The van der Waals surface area contributed by atoms with Crippen LogP contribution >= 0.6 is 11.3 Å². The van der Waals surface area contributed by atoms with Gasteiger partial charge in [-0.15, -0.1) is 16.4 Å². The lowest BCUT2D eigenvalue weighted by Crippen LogP contribution is -2.39. The number of alkyl halides is 3. The van der Waals surface area contributed by atoms with Crippen molar-refractivity contribution >= 4 is 11.3 Å². The molecule has 0 aliphatic rings. The van der Waals surface area contributed by atoms with Gasteiger partial charge in [-0.3, -0.25) is 5.32 Å². The van der Waals surface area contributed by atoms with Crippen LogP contribution in [0.25, 0.3) is 5.69 Å². The van der Waals surface area contributed by atoms with E-state index in [4.69, 9.17) is 0 Å². The van der Waals surface area contributed by atoms with Crippen LogP contribution in [0.15, 0.2) is 35.8 Å². The lowest BCUT2D eigenvalue weighted by molar-refractivity contribution is -0.137. The van der Waals surface area contributed by atoms with Crippen molar-refractivity contribution in [3.63, 3.8) is 0 Å². The molecule has 2 heterocycles. The number of rotatable bonds is 6. The molecule has 0 saturated carbocycles. The molecule has 0 spiro atoms. The highest BCUT2D eigenvalue weighted by atomic mass is 32.1. The molecule has 0 radical (unpaired) electrons. The zero-order chi connectivity index (χ0) is 18.8. The Morgan fingerprint density at radius 3 is 2.50 bits per heavy atom. The molecular formula is C16H17F3N6S. The Balaban J connectivity index is 1.79. The Bertz CT molecular complexity index is 844. The third-order valence-electron chi connectivity index (χ3n) is 4.22. The summed E-state index contributed by atoms with van der Waals surface area (Å²) in [6.45, 7) is 4.43. The number of halogens is 3. The van der Waals surface area contributed by atoms with Crippen molar-refractivity contribution < 1.29 is 13.2 Å². The Morgan fingerprint density at radius 1 is 1.19 bits per heavy atom. The van der Waals surface area contributed by atoms with Gasteiger partial charge in [0.25, 0.3) is 0 Å². The van der Waals surface area contributed by atoms with Gasteiger partial charge in [0.15, 0.2) is 5.82 Å². The Kier molecular flexibility index (Phi) is 5.05. The molecule has 10 heteroatoms. The summed E-state index contributed by atoms with van der Waals surface area (Å²) < 4.78 is 39.5. The minimum absolute atomic E-state index is 0.342. The number of nitrogens with zero attached hydrogens (tertiary/aromatic N) is 5. The monoisotopic (exact) mass is 382 g/mol. The maximum Gasteiger partial charge on any atom is 0.416 e. The van der Waals surface area contributed by atoms with Crippen LogP contribution in [0.3, 0.4) is 0 Å². The Morgan fingerprint density at radius 2 is 1.92 bits per heavy atom. The van der Waals surface area contributed by atoms with E-state index in [0.29, 0.717) is 18.1 Å². The molecule has 1 aromatic carbocycles. The van der Waals surface area contributed by atoms with E-state index in [1.807, 2.05) is 19.2 Å². The fraction of sp³-hybridized carbons (Fsp3) is 0.375. The Hall–Kier alpha value is -2.33. The Labute approximate surface area is 152 Å². The van der Waals surface area contributed by atoms with Gasteiger partial charge in [-0.25, -0.2) is 4.98 Å². The summed E-state index contributed by atoms with van der Waals surface area (Å²) in [6, 6.07) is 4.73. The molecule has 138 valence electrons. The third kappa shape index (κ3) is 3.75. The van der Waals surface area contributed by atoms with E-state index in [1.165, 1.54) is 16.8 Å². The fourth-order valence-corrected chi connectivity index (χ4v) is 3.28. The SMILES string of the molecule is CCC(C)(NCc1nnnn1-c1ccc(C(F)(F)F)cc1)c1nccs1. The van der Waals surface area contributed by atoms with Crippen molar-refractivity contribution in [3.05, 3.63) is 52.2 Å². The van der Waals surface area contributed by atoms with Crippen LogP contribution < -0.4 is 5.32 Å². The summed E-state index contributed by atoms with van der Waals surface area (Å²) in [5.41, 5.74) is -0.589. The summed E-state index contributed by atoms with van der Waals surface area (Å²) in [6.07, 6.45) is -1.82. The molecule has 0 aliphatic heterocycles. The zero-order valence-corrected chi connectivity index (χ0v) is 15.0. The third-order valence-corrected chi connectivity index (χ3v) is 5.26. The number of tetrazole rings is 1. The van der Waals surface area contributed by atoms with E-state index in [2.05, 4.69) is 25.8 Å². The van der Waals surface area contributed by atoms with Crippen LogP contribution in [-0.2, 0) is 18.3 Å². The predicted molar refractivity (Wildman–Crippen MR) is 90.8 cm³/mol. The second kappa shape index (κ2) is 7.12. The summed E-state index contributed by atoms with van der Waals surface area (Å²) in [7, 11) is 0. The van der Waals surface area contributed by atoms with Gasteiger partial charge in [-0.2, -0.15) is 17.9 Å². The zero-order valence-electron chi connectivity index (χ0n) is 14.2. The maximum atomic E-state index is 12.7. The van der Waals surface area contributed by atoms with Gasteiger partial charge in [0.05, 0.1) is 23.3 Å². The van der Waals surface area contributed by atoms with Crippen molar-refractivity contribution in [2.24, 2.45) is 0 Å². The van der Waals surface area contributed by atoms with Crippen LogP contribution in [0.4, 0.5) is 13.2 Å². The van der Waals surface area contributed by atoms with Gasteiger partial charge in [-0.1, -0.05) is 6.92 Å². The van der Waals surface area contributed by atoms with E-state index in [9.17, 15) is 13.2 Å². The van der Waals surface area contributed by atoms with E-state index in [1.54, 1.807) is 17.5 Å². The van der Waals surface area contributed by atoms with Crippen LogP contribution in [0.1, 0.15) is 36.7 Å². The smallest absolute Gasteiger partial charge is 0.298 e. The summed E-state index contributed by atoms with van der Waals surface area (Å²) >= 11 is 1.56. The molecular weight excluding hydrogens is 365 g/mol. The molecule has 1 N–H and O–H groups in total. The van der Waals surface area contributed by atoms with Crippen LogP contribution in [-0.4, -0.2) is 25.2 Å². The average molecular weight is 382 g/mol. The van der Waals surface area contributed by atoms with Gasteiger partial charge < -0.3 is 0 Å². The molecule has 26 heavy (non-hydrogen) atoms. The molecule has 2 aromatic heterocycles. The lowest BCUT2D eigenvalue weighted by atomic mass is 10.00. The molecule has 1 unspecified atom stereocenters. The molecule has 3 aromatic rings. The normalized spacial score (nSPS) is 14.3. The van der Waals surface area contributed by atoms with Gasteiger partial charge >= 0.3 is 6.18 Å². The standard InChI is InChI=1S/C16H17F3N6S/c1-3-15(2,14-20-8-9-26-14)21-10-13-22-23-24-25(13)12-6-4-11(5-7-12)16(17,18)19/h4-9,21H,3,10H2,1-2H3. The number of hydrogen-bond donors (Lipinski definition) is 1. The average Bonchev–Trinajstić information content (AvgIpc) is 3.31. The second-order valence-electron chi connectivity index (χ2n) is 5.93. The van der Waals surface area contributed by atoms with Crippen molar-refractivity contribution in [2.45, 2.75) is 38.5 Å². The van der Waals surface area contributed by atoms with Crippen molar-refractivity contribution in [2.75, 3.05) is 0 Å². The van der Waals surface area contributed by atoms with Crippen molar-refractivity contribution in [1.82, 2.24) is 30.5 Å². The first kappa shape index (κ1) is 18.5. The second-order valence-corrected chi connectivity index (χ2v) is 6.82. The molecule has 6 nitrogen and oxygen atoms in total. The van der Waals surface area contributed by atoms with Crippen LogP contribution in [0.5, 0.6) is 0 Å². The number of thiazole rings is 1. The molecule has 0 saturated heterocycles. The topological polar surface area (TPSA) is 68.5 Å². The minimum atomic E-state index is -4.37. The first-order valence-corrected chi connectivity index (χ1v) is 8.81. The molecule has 0 fully saturated rings. The number of nitrogens with one attached hydrogen (secondary N) is 1. The first-order chi connectivity index (χ1) is 12.3. The highest BCUT2D eigenvalue weighted by molar-refractivity contribution is 7.09. The molecule has 0 amide bonds. The van der Waals surface area contributed by atoms with Crippen molar-refractivity contribution in [3.8, 4) is 5.69 Å². The largest absolute Gasteiger partial charge is 0.416 e. The highest BCUT2D eigenvalue weighted by Gasteiger charge is 2.30. The number of hydrogen-bond acceptors (Lipinski definition) is 6. The van der Waals surface area contributed by atoms with Crippen LogP contribution in [0, 0.1) is 0 Å². The van der Waals surface area contributed by atoms with E-state index >= 15 is 0 Å². The molecule has 1 atom stereocenters. The number of aromatic nitrogens is 5. The van der Waals surface area contributed by atoms with Gasteiger partial charge in [0.1, 0.15) is 5.01 Å². The molecule has 3 rings (SSSR count). The minimum Gasteiger partial charge on any atom is -0.298 e. The quantitative estimate of drug-likeness (QED) is 0.706. The number of benzene rings is 1. The van der Waals surface area contributed by atoms with Crippen LogP contribution in [0.2, 0.25) is 0 Å². The van der Waals surface area contributed by atoms with Crippen molar-refractivity contribution in [1.29, 1.82) is 0 Å². The van der Waals surface area contributed by atoms with E-state index in [-0.39, 0.29) is 5.54 Å². The lowest BCUT2D eigenvalue weighted by Gasteiger charge is -2.27. The summed E-state index contributed by atoms with van der Waals surface area (Å²) in [5.74, 6) is 0.501. The maximum absolute atomic E-state index is 12.7. The van der Waals surface area contributed by atoms with Gasteiger partial charge in [0.2, 0.25) is 0 Å². The molecule has 0 aliphatic carbocycles. The molecule has 0 bridgehead atoms. The summed E-state index contributed by atoms with van der Waals surface area (Å²) in [4.78, 5) is 4.36. The summed E-state index contributed by atoms with van der Waals surface area (Å²) in [5, 5.41) is 17.8. The predicted octanol–water partition coefficient (Wildman–Crippen LogP) is 3.55. The fourth-order valence-electron chi connectivity index (χ4n) is 2.43. The van der Waals surface area contributed by atoms with Gasteiger partial charge in [0, 0.05) is 11.6 Å². The van der Waals surface area contributed by atoms with E-state index in [0.717, 1.165) is 23.6 Å².